The van der Waals surface area contributed by atoms with E-state index in [1.54, 1.807) is 0 Å². The van der Waals surface area contributed by atoms with Crippen molar-refractivity contribution < 1.29 is 21.1 Å². The molecule has 0 atom stereocenters. The van der Waals surface area contributed by atoms with Crippen molar-refractivity contribution in [3.63, 3.8) is 0 Å². The van der Waals surface area contributed by atoms with Crippen molar-refractivity contribution in [3.05, 3.63) is 29.3 Å². The standard InChI is InChI=1S/C19H31O.BrH.Zn/c1-8-9-10-13-20-17-12-11-15(18(2,3)4)14-16(17)19(5,6)7;;/h11,14H,8-10,13H2,1-7H3;1H;/q-1;;+2/p-1. The Morgan fingerprint density at radius 1 is 1.05 bits per heavy atom. The fraction of sp³-hybridized carbons (Fsp3) is 0.684. The molecular weight excluding hydrogens is 390 g/mol. The molecule has 0 aliphatic carbocycles. The molecule has 0 saturated heterocycles. The van der Waals surface area contributed by atoms with Crippen LogP contribution in [0.4, 0.5) is 0 Å². The molecule has 0 fully saturated rings. The summed E-state index contributed by atoms with van der Waals surface area (Å²) in [6.45, 7) is 16.4. The first kappa shape index (κ1) is 22.1. The predicted octanol–water partition coefficient (Wildman–Crippen LogP) is 6.49. The van der Waals surface area contributed by atoms with Gasteiger partial charge in [-0.2, -0.15) is 17.7 Å². The van der Waals surface area contributed by atoms with E-state index in [0.29, 0.717) is 0 Å². The molecule has 1 aromatic rings. The van der Waals surface area contributed by atoms with E-state index >= 15 is 0 Å². The first-order valence-corrected chi connectivity index (χ1v) is 15.1. The molecule has 0 aliphatic rings. The third kappa shape index (κ3) is 7.60. The molecular formula is C19H31BrOZn. The van der Waals surface area contributed by atoms with E-state index in [2.05, 4.69) is 80.3 Å². The minimum atomic E-state index is 0.0812. The average Bonchev–Trinajstić information content (AvgIpc) is 2.44. The monoisotopic (exact) mass is 418 g/mol. The van der Waals surface area contributed by atoms with Crippen molar-refractivity contribution >= 4 is 13.6 Å². The maximum atomic E-state index is 5.98. The minimum absolute atomic E-state index is 0.0812. The van der Waals surface area contributed by atoms with Gasteiger partial charge in [-0.1, -0.05) is 72.1 Å². The van der Waals surface area contributed by atoms with Crippen LogP contribution in [0.1, 0.15) is 78.9 Å². The van der Waals surface area contributed by atoms with Crippen LogP contribution >= 0.6 is 13.6 Å². The van der Waals surface area contributed by atoms with Gasteiger partial charge in [-0.3, -0.25) is 0 Å². The molecule has 0 aromatic heterocycles. The summed E-state index contributed by atoms with van der Waals surface area (Å²) in [4.78, 5) is 0. The Morgan fingerprint density at radius 2 is 1.64 bits per heavy atom. The molecule has 0 amide bonds. The Balaban J connectivity index is 0.00000211. The van der Waals surface area contributed by atoms with Gasteiger partial charge in [0.15, 0.2) is 0 Å². The molecule has 1 nitrogen and oxygen atoms in total. The quantitative estimate of drug-likeness (QED) is 0.300. The summed E-state index contributed by atoms with van der Waals surface area (Å²) in [6, 6.07) is 7.76. The van der Waals surface area contributed by atoms with Crippen molar-refractivity contribution in [2.75, 3.05) is 6.61 Å². The molecule has 0 spiro atoms. The Labute approximate surface area is 154 Å². The third-order valence-electron chi connectivity index (χ3n) is 3.57. The van der Waals surface area contributed by atoms with Crippen LogP contribution in [-0.2, 0) is 27.2 Å². The van der Waals surface area contributed by atoms with Gasteiger partial charge in [0.1, 0.15) is 0 Å². The van der Waals surface area contributed by atoms with Crippen LogP contribution in [0, 0.1) is 6.07 Å². The maximum absolute atomic E-state index is 5.98. The number of unbranched alkanes of at least 4 members (excludes halogenated alkanes) is 2. The van der Waals surface area contributed by atoms with E-state index in [-0.39, 0.29) is 10.8 Å². The van der Waals surface area contributed by atoms with E-state index in [9.17, 15) is 0 Å². The summed E-state index contributed by atoms with van der Waals surface area (Å²) in [6.07, 6.45) is 3.57. The zero-order valence-corrected chi connectivity index (χ0v) is 20.0. The summed E-state index contributed by atoms with van der Waals surface area (Å²) >= 11 is 4.25. The number of ether oxygens (including phenoxy) is 1. The molecule has 0 unspecified atom stereocenters. The van der Waals surface area contributed by atoms with Crippen LogP contribution in [0.2, 0.25) is 0 Å². The van der Waals surface area contributed by atoms with Crippen molar-refractivity contribution in [3.8, 4) is 5.75 Å². The van der Waals surface area contributed by atoms with E-state index in [1.807, 2.05) is 0 Å². The molecule has 3 heteroatoms. The number of benzene rings is 1. The van der Waals surface area contributed by atoms with Crippen molar-refractivity contribution in [2.24, 2.45) is 0 Å². The van der Waals surface area contributed by atoms with E-state index < -0.39 is 0 Å². The fourth-order valence-electron chi connectivity index (χ4n) is 2.12. The molecule has 0 N–H and O–H groups in total. The van der Waals surface area contributed by atoms with Gasteiger partial charge in [0.05, 0.1) is 6.61 Å². The molecule has 0 aliphatic heterocycles. The molecule has 0 radical (unpaired) electrons. The van der Waals surface area contributed by atoms with Crippen LogP contribution in [-0.4, -0.2) is 6.61 Å². The van der Waals surface area contributed by atoms with Gasteiger partial charge < -0.3 is 4.74 Å². The second kappa shape index (κ2) is 10.1. The predicted molar refractivity (Wildman–Crippen MR) is 96.6 cm³/mol. The van der Waals surface area contributed by atoms with Gasteiger partial charge in [-0.15, -0.1) is 11.6 Å². The van der Waals surface area contributed by atoms with Gasteiger partial charge in [-0.25, -0.2) is 0 Å². The van der Waals surface area contributed by atoms with Crippen LogP contribution in [0.15, 0.2) is 12.1 Å². The van der Waals surface area contributed by atoms with Gasteiger partial charge in [0, 0.05) is 5.75 Å². The molecule has 1 rings (SSSR count). The summed E-state index contributed by atoms with van der Waals surface area (Å²) in [5.41, 5.74) is 2.82. The molecule has 122 valence electrons. The zero-order chi connectivity index (χ0) is 17.4. The second-order valence-corrected chi connectivity index (χ2v) is 7.69. The zero-order valence-electron chi connectivity index (χ0n) is 15.5. The Morgan fingerprint density at radius 3 is 2.09 bits per heavy atom. The SMILES string of the molecule is CCCCCOc1[c-]cc(C(C)(C)C)cc1C(C)(C)C.[Zn+][Br]. The van der Waals surface area contributed by atoms with Gasteiger partial charge >= 0.3 is 30.0 Å². The van der Waals surface area contributed by atoms with Crippen LogP contribution < -0.4 is 4.74 Å². The van der Waals surface area contributed by atoms with Crippen molar-refractivity contribution in [1.82, 2.24) is 0 Å². The summed E-state index contributed by atoms with van der Waals surface area (Å²) in [5.74, 6) is 0.932. The van der Waals surface area contributed by atoms with Crippen molar-refractivity contribution in [2.45, 2.75) is 78.6 Å². The Kier molecular flexibility index (Phi) is 10.1. The molecule has 1 aromatic carbocycles. The summed E-state index contributed by atoms with van der Waals surface area (Å²) < 4.78 is 5.98. The summed E-state index contributed by atoms with van der Waals surface area (Å²) in [5, 5.41) is 0. The normalized spacial score (nSPS) is 11.7. The van der Waals surface area contributed by atoms with E-state index in [1.165, 1.54) is 40.3 Å². The van der Waals surface area contributed by atoms with Gasteiger partial charge in [-0.05, 0) is 6.42 Å². The Bertz CT molecular complexity index is 430. The molecule has 0 bridgehead atoms. The molecule has 0 saturated carbocycles. The summed E-state index contributed by atoms with van der Waals surface area (Å²) in [7, 11) is 0. The van der Waals surface area contributed by atoms with Gasteiger partial charge in [0.25, 0.3) is 0 Å². The van der Waals surface area contributed by atoms with Crippen LogP contribution in [0.25, 0.3) is 0 Å². The van der Waals surface area contributed by atoms with Crippen LogP contribution in [0.5, 0.6) is 5.75 Å². The number of hydrogen-bond acceptors (Lipinski definition) is 1. The second-order valence-electron chi connectivity index (χ2n) is 7.69. The third-order valence-corrected chi connectivity index (χ3v) is 3.57. The topological polar surface area (TPSA) is 9.23 Å². The number of rotatable bonds is 5. The number of hydrogen-bond donors (Lipinski definition) is 0. The van der Waals surface area contributed by atoms with E-state index in [4.69, 9.17) is 4.74 Å². The molecule has 22 heavy (non-hydrogen) atoms. The fourth-order valence-corrected chi connectivity index (χ4v) is 2.12. The Hall–Kier alpha value is 0.123. The molecule has 0 heterocycles. The average molecular weight is 421 g/mol. The van der Waals surface area contributed by atoms with Gasteiger partial charge in [0.2, 0.25) is 0 Å². The van der Waals surface area contributed by atoms with Crippen molar-refractivity contribution in [1.29, 1.82) is 0 Å². The van der Waals surface area contributed by atoms with Crippen LogP contribution in [0.3, 0.4) is 0 Å². The number of halogens is 1. The first-order valence-electron chi connectivity index (χ1n) is 8.12. The van der Waals surface area contributed by atoms with E-state index in [0.717, 1.165) is 18.8 Å². The first-order chi connectivity index (χ1) is 10.2.